The molecule has 3 aromatic rings. The van der Waals surface area contributed by atoms with E-state index in [1.807, 2.05) is 12.1 Å². The van der Waals surface area contributed by atoms with Crippen LogP contribution in [0.3, 0.4) is 0 Å². The third-order valence-electron chi connectivity index (χ3n) is 4.73. The number of carbonyl (C=O) groups is 2. The molecule has 2 amide bonds. The number of aryl methyl sites for hydroxylation is 2. The molecule has 1 N–H and O–H groups in total. The Labute approximate surface area is 162 Å². The maximum atomic E-state index is 12.8. The highest BCUT2D eigenvalue weighted by Crippen LogP contribution is 2.39. The summed E-state index contributed by atoms with van der Waals surface area (Å²) in [6, 6.07) is 17.4. The number of nitrogens with zero attached hydrogens (tertiary/aromatic N) is 1. The van der Waals surface area contributed by atoms with Gasteiger partial charge in [-0.05, 0) is 53.8 Å². The molecule has 136 valence electrons. The molecule has 0 unspecified atom stereocenters. The van der Waals surface area contributed by atoms with Crippen LogP contribution in [0, 0.1) is 0 Å². The second-order valence-corrected chi connectivity index (χ2v) is 7.91. The van der Waals surface area contributed by atoms with Crippen LogP contribution in [0.4, 0.5) is 5.69 Å². The molecule has 1 aliphatic rings. The summed E-state index contributed by atoms with van der Waals surface area (Å²) in [6.07, 6.45) is 1.97. The van der Waals surface area contributed by atoms with Crippen molar-refractivity contribution in [3.05, 3.63) is 76.2 Å². The predicted molar refractivity (Wildman–Crippen MR) is 110 cm³/mol. The fraction of sp³-hybridized carbons (Fsp3) is 0.182. The number of carbonyl (C=O) groups excluding carboxylic acids is 2. The van der Waals surface area contributed by atoms with Crippen molar-refractivity contribution in [2.24, 2.45) is 0 Å². The van der Waals surface area contributed by atoms with E-state index >= 15 is 0 Å². The highest BCUT2D eigenvalue weighted by atomic mass is 32.1. The molecule has 0 atom stereocenters. The van der Waals surface area contributed by atoms with Crippen molar-refractivity contribution >= 4 is 28.8 Å². The van der Waals surface area contributed by atoms with Gasteiger partial charge in [-0.3, -0.25) is 9.59 Å². The van der Waals surface area contributed by atoms with Crippen LogP contribution < -0.4 is 5.32 Å². The zero-order chi connectivity index (χ0) is 19.0. The molecule has 4 rings (SSSR count). The molecule has 1 heterocycles. The first-order valence-electron chi connectivity index (χ1n) is 8.87. The van der Waals surface area contributed by atoms with Gasteiger partial charge in [0.05, 0.1) is 4.88 Å². The lowest BCUT2D eigenvalue weighted by molar-refractivity contribution is 0.0827. The molecular weight excluding hydrogens is 356 g/mol. The third kappa shape index (κ3) is 3.38. The van der Waals surface area contributed by atoms with Gasteiger partial charge in [-0.1, -0.05) is 30.3 Å². The van der Waals surface area contributed by atoms with Crippen molar-refractivity contribution in [2.45, 2.75) is 12.8 Å². The van der Waals surface area contributed by atoms with Crippen LogP contribution in [-0.2, 0) is 12.8 Å². The standard InChI is InChI=1S/C22H20N2O2S/c1-24(2)22(26)16-7-5-8-17(12-16)23-21(25)19-13-15-11-10-14-6-3-4-9-18(14)20(15)27-19/h3-9,12-13H,10-11H2,1-2H3,(H,23,25). The molecule has 0 aliphatic heterocycles. The molecule has 0 spiro atoms. The van der Waals surface area contributed by atoms with Gasteiger partial charge in [-0.25, -0.2) is 0 Å². The highest BCUT2D eigenvalue weighted by Gasteiger charge is 2.21. The van der Waals surface area contributed by atoms with Crippen molar-refractivity contribution in [3.63, 3.8) is 0 Å². The number of rotatable bonds is 3. The Balaban J connectivity index is 1.58. The van der Waals surface area contributed by atoms with Crippen LogP contribution in [0.5, 0.6) is 0 Å². The number of fused-ring (bicyclic) bond motifs is 3. The van der Waals surface area contributed by atoms with E-state index in [1.165, 1.54) is 37.8 Å². The van der Waals surface area contributed by atoms with Gasteiger partial charge in [0.2, 0.25) is 0 Å². The van der Waals surface area contributed by atoms with Crippen LogP contribution in [0.25, 0.3) is 10.4 Å². The molecule has 0 saturated heterocycles. The van der Waals surface area contributed by atoms with Crippen molar-refractivity contribution in [2.75, 3.05) is 19.4 Å². The Hall–Kier alpha value is -2.92. The van der Waals surface area contributed by atoms with E-state index in [9.17, 15) is 9.59 Å². The van der Waals surface area contributed by atoms with Crippen LogP contribution in [0.1, 0.15) is 31.2 Å². The van der Waals surface area contributed by atoms with Gasteiger partial charge in [0.25, 0.3) is 11.8 Å². The summed E-state index contributed by atoms with van der Waals surface area (Å²) < 4.78 is 0. The maximum Gasteiger partial charge on any atom is 0.265 e. The molecule has 0 bridgehead atoms. The summed E-state index contributed by atoms with van der Waals surface area (Å²) in [6.45, 7) is 0. The molecule has 27 heavy (non-hydrogen) atoms. The van der Waals surface area contributed by atoms with Crippen molar-refractivity contribution in [1.29, 1.82) is 0 Å². The van der Waals surface area contributed by atoms with Crippen molar-refractivity contribution in [3.8, 4) is 10.4 Å². The van der Waals surface area contributed by atoms with Crippen molar-refractivity contribution in [1.82, 2.24) is 4.90 Å². The Morgan fingerprint density at radius 2 is 1.74 bits per heavy atom. The number of hydrogen-bond donors (Lipinski definition) is 1. The minimum Gasteiger partial charge on any atom is -0.345 e. The molecule has 0 saturated carbocycles. The number of nitrogens with one attached hydrogen (secondary N) is 1. The van der Waals surface area contributed by atoms with Gasteiger partial charge in [0.15, 0.2) is 0 Å². The lowest BCUT2D eigenvalue weighted by Crippen LogP contribution is -2.21. The number of benzene rings is 2. The molecule has 1 aliphatic carbocycles. The Bertz CT molecular complexity index is 1040. The van der Waals surface area contributed by atoms with E-state index in [-0.39, 0.29) is 11.8 Å². The van der Waals surface area contributed by atoms with E-state index in [1.54, 1.807) is 38.4 Å². The SMILES string of the molecule is CN(C)C(=O)c1cccc(NC(=O)c2cc3c(s2)-c2ccccc2CC3)c1. The van der Waals surface area contributed by atoms with Crippen molar-refractivity contribution < 1.29 is 9.59 Å². The average molecular weight is 376 g/mol. The summed E-state index contributed by atoms with van der Waals surface area (Å²) in [4.78, 5) is 28.3. The predicted octanol–water partition coefficient (Wildman–Crippen LogP) is 4.47. The first-order valence-corrected chi connectivity index (χ1v) is 9.68. The summed E-state index contributed by atoms with van der Waals surface area (Å²) in [7, 11) is 3.42. The van der Waals surface area contributed by atoms with E-state index in [0.29, 0.717) is 16.1 Å². The van der Waals surface area contributed by atoms with Crippen LogP contribution in [-0.4, -0.2) is 30.8 Å². The number of hydrogen-bond acceptors (Lipinski definition) is 3. The molecule has 0 fully saturated rings. The maximum absolute atomic E-state index is 12.8. The molecule has 1 aromatic heterocycles. The summed E-state index contributed by atoms with van der Waals surface area (Å²) in [5.41, 5.74) is 4.99. The van der Waals surface area contributed by atoms with Gasteiger partial charge in [-0.2, -0.15) is 0 Å². The minimum atomic E-state index is -0.138. The Morgan fingerprint density at radius 3 is 2.56 bits per heavy atom. The van der Waals surface area contributed by atoms with Crippen LogP contribution in [0.15, 0.2) is 54.6 Å². The zero-order valence-electron chi connectivity index (χ0n) is 15.3. The fourth-order valence-electron chi connectivity index (χ4n) is 3.36. The quantitative estimate of drug-likeness (QED) is 0.733. The third-order valence-corrected chi connectivity index (χ3v) is 5.94. The first-order chi connectivity index (χ1) is 13.0. The molecule has 4 nitrogen and oxygen atoms in total. The second kappa shape index (κ2) is 7.00. The zero-order valence-corrected chi connectivity index (χ0v) is 16.1. The van der Waals surface area contributed by atoms with E-state index in [2.05, 4.69) is 23.5 Å². The monoisotopic (exact) mass is 376 g/mol. The van der Waals surface area contributed by atoms with Gasteiger partial charge >= 0.3 is 0 Å². The minimum absolute atomic E-state index is 0.0886. The second-order valence-electron chi connectivity index (χ2n) is 6.86. The first kappa shape index (κ1) is 17.5. The number of anilines is 1. The molecule has 5 heteroatoms. The van der Waals surface area contributed by atoms with E-state index in [0.717, 1.165) is 12.8 Å². The molecular formula is C22H20N2O2S. The van der Waals surface area contributed by atoms with E-state index < -0.39 is 0 Å². The largest absolute Gasteiger partial charge is 0.345 e. The molecule has 2 aromatic carbocycles. The highest BCUT2D eigenvalue weighted by molar-refractivity contribution is 7.17. The average Bonchev–Trinajstić information content (AvgIpc) is 3.12. The van der Waals surface area contributed by atoms with Gasteiger partial charge in [0, 0.05) is 30.2 Å². The number of thiophene rings is 1. The lowest BCUT2D eigenvalue weighted by Gasteiger charge is -2.15. The number of amides is 2. The van der Waals surface area contributed by atoms with E-state index in [4.69, 9.17) is 0 Å². The van der Waals surface area contributed by atoms with Gasteiger partial charge < -0.3 is 10.2 Å². The van der Waals surface area contributed by atoms with Crippen LogP contribution >= 0.6 is 11.3 Å². The van der Waals surface area contributed by atoms with Gasteiger partial charge in [0.1, 0.15) is 0 Å². The smallest absolute Gasteiger partial charge is 0.265 e. The topological polar surface area (TPSA) is 49.4 Å². The Morgan fingerprint density at radius 1 is 0.963 bits per heavy atom. The normalized spacial score (nSPS) is 12.1. The fourth-order valence-corrected chi connectivity index (χ4v) is 4.53. The Kier molecular flexibility index (Phi) is 4.54. The summed E-state index contributed by atoms with van der Waals surface area (Å²) >= 11 is 1.53. The van der Waals surface area contributed by atoms with Gasteiger partial charge in [-0.15, -0.1) is 11.3 Å². The summed E-state index contributed by atoms with van der Waals surface area (Å²) in [5.74, 6) is -0.226. The van der Waals surface area contributed by atoms with Crippen LogP contribution in [0.2, 0.25) is 0 Å². The lowest BCUT2D eigenvalue weighted by atomic mass is 9.91. The summed E-state index contributed by atoms with van der Waals surface area (Å²) in [5, 5.41) is 2.93. The molecule has 0 radical (unpaired) electrons.